The highest BCUT2D eigenvalue weighted by atomic mass is 16.5. The van der Waals surface area contributed by atoms with Crippen molar-refractivity contribution in [3.8, 4) is 5.75 Å². The molecule has 150 valence electrons. The van der Waals surface area contributed by atoms with Crippen molar-refractivity contribution in [1.82, 2.24) is 14.9 Å². The SMILES string of the molecule is COc1ccc(C(NC(=O)CCC(=O)c2ccc(C)cc2)c2nccn2C)cc1. The first-order valence-corrected chi connectivity index (χ1v) is 9.48. The van der Waals surface area contributed by atoms with Gasteiger partial charge in [0.05, 0.1) is 7.11 Å². The van der Waals surface area contributed by atoms with Gasteiger partial charge in [-0.05, 0) is 24.6 Å². The van der Waals surface area contributed by atoms with E-state index in [1.807, 2.05) is 61.1 Å². The summed E-state index contributed by atoms with van der Waals surface area (Å²) in [5.74, 6) is 1.21. The molecular formula is C23H25N3O3. The van der Waals surface area contributed by atoms with Gasteiger partial charge in [-0.15, -0.1) is 0 Å². The van der Waals surface area contributed by atoms with Crippen molar-refractivity contribution < 1.29 is 14.3 Å². The maximum Gasteiger partial charge on any atom is 0.221 e. The Balaban J connectivity index is 1.70. The molecular weight excluding hydrogens is 366 g/mol. The molecule has 0 radical (unpaired) electrons. The Morgan fingerprint density at radius 1 is 1.07 bits per heavy atom. The summed E-state index contributed by atoms with van der Waals surface area (Å²) >= 11 is 0. The fourth-order valence-corrected chi connectivity index (χ4v) is 3.09. The molecule has 0 saturated heterocycles. The van der Waals surface area contributed by atoms with Crippen LogP contribution in [0.4, 0.5) is 0 Å². The van der Waals surface area contributed by atoms with Gasteiger partial charge in [-0.3, -0.25) is 9.59 Å². The van der Waals surface area contributed by atoms with Gasteiger partial charge < -0.3 is 14.6 Å². The van der Waals surface area contributed by atoms with Crippen LogP contribution in [-0.4, -0.2) is 28.4 Å². The fourth-order valence-electron chi connectivity index (χ4n) is 3.09. The van der Waals surface area contributed by atoms with Crippen molar-refractivity contribution in [2.75, 3.05) is 7.11 Å². The van der Waals surface area contributed by atoms with Crippen molar-refractivity contribution in [2.24, 2.45) is 7.05 Å². The summed E-state index contributed by atoms with van der Waals surface area (Å²) < 4.78 is 7.08. The van der Waals surface area contributed by atoms with Crippen LogP contribution in [0.1, 0.15) is 46.2 Å². The molecule has 1 aromatic heterocycles. The number of rotatable bonds is 8. The van der Waals surface area contributed by atoms with E-state index in [0.717, 1.165) is 16.9 Å². The highest BCUT2D eigenvalue weighted by Gasteiger charge is 2.21. The Morgan fingerprint density at radius 2 is 1.76 bits per heavy atom. The number of hydrogen-bond donors (Lipinski definition) is 1. The molecule has 1 atom stereocenters. The number of aromatic nitrogens is 2. The molecule has 1 heterocycles. The number of nitrogens with one attached hydrogen (secondary N) is 1. The van der Waals surface area contributed by atoms with Crippen LogP contribution < -0.4 is 10.1 Å². The fraction of sp³-hybridized carbons (Fsp3) is 0.261. The van der Waals surface area contributed by atoms with E-state index in [2.05, 4.69) is 10.3 Å². The van der Waals surface area contributed by atoms with Gasteiger partial charge in [0.25, 0.3) is 0 Å². The number of carbonyl (C=O) groups excluding carboxylic acids is 2. The maximum atomic E-state index is 12.6. The highest BCUT2D eigenvalue weighted by Crippen LogP contribution is 2.23. The second kappa shape index (κ2) is 9.19. The van der Waals surface area contributed by atoms with Gasteiger partial charge >= 0.3 is 0 Å². The molecule has 2 aromatic carbocycles. The number of methoxy groups -OCH3 is 1. The normalized spacial score (nSPS) is 11.7. The summed E-state index contributed by atoms with van der Waals surface area (Å²) in [7, 11) is 3.49. The molecule has 3 rings (SSSR count). The number of Topliss-reactive ketones (excluding diaryl/α,β-unsaturated/α-hetero) is 1. The van der Waals surface area contributed by atoms with Crippen molar-refractivity contribution in [1.29, 1.82) is 0 Å². The smallest absolute Gasteiger partial charge is 0.221 e. The zero-order valence-corrected chi connectivity index (χ0v) is 16.9. The van der Waals surface area contributed by atoms with Crippen molar-refractivity contribution in [3.63, 3.8) is 0 Å². The van der Waals surface area contributed by atoms with Crippen molar-refractivity contribution >= 4 is 11.7 Å². The first kappa shape index (κ1) is 20.3. The summed E-state index contributed by atoms with van der Waals surface area (Å²) in [6.07, 6.45) is 3.80. The van der Waals surface area contributed by atoms with E-state index in [0.29, 0.717) is 11.4 Å². The molecule has 1 N–H and O–H groups in total. The summed E-state index contributed by atoms with van der Waals surface area (Å²) in [5, 5.41) is 3.01. The van der Waals surface area contributed by atoms with Gasteiger partial charge in [-0.1, -0.05) is 42.0 Å². The molecule has 6 nitrogen and oxygen atoms in total. The van der Waals surface area contributed by atoms with Crippen molar-refractivity contribution in [3.05, 3.63) is 83.4 Å². The zero-order valence-electron chi connectivity index (χ0n) is 16.9. The molecule has 6 heteroatoms. The summed E-state index contributed by atoms with van der Waals surface area (Å²) in [6, 6.07) is 14.5. The first-order valence-electron chi connectivity index (χ1n) is 9.48. The predicted molar refractivity (Wildman–Crippen MR) is 111 cm³/mol. The highest BCUT2D eigenvalue weighted by molar-refractivity contribution is 5.98. The Bertz CT molecular complexity index is 975. The van der Waals surface area contributed by atoms with Crippen LogP contribution in [0.15, 0.2) is 60.9 Å². The number of ketones is 1. The number of imidazole rings is 1. The topological polar surface area (TPSA) is 73.2 Å². The van der Waals surface area contributed by atoms with Crippen LogP contribution in [0.5, 0.6) is 5.75 Å². The van der Waals surface area contributed by atoms with Crippen LogP contribution in [0, 0.1) is 6.92 Å². The van der Waals surface area contributed by atoms with Crippen LogP contribution in [0.25, 0.3) is 0 Å². The van der Waals surface area contributed by atoms with Gasteiger partial charge in [0.2, 0.25) is 5.91 Å². The zero-order chi connectivity index (χ0) is 20.8. The molecule has 3 aromatic rings. The Hall–Kier alpha value is -3.41. The van der Waals surface area contributed by atoms with Gasteiger partial charge in [0.15, 0.2) is 5.78 Å². The molecule has 1 amide bonds. The number of nitrogens with zero attached hydrogens (tertiary/aromatic N) is 2. The second-order valence-corrected chi connectivity index (χ2v) is 6.96. The lowest BCUT2D eigenvalue weighted by atomic mass is 10.0. The van der Waals surface area contributed by atoms with E-state index in [4.69, 9.17) is 4.74 Å². The molecule has 0 aliphatic carbocycles. The van der Waals surface area contributed by atoms with Gasteiger partial charge in [-0.25, -0.2) is 4.98 Å². The average Bonchev–Trinajstić information content (AvgIpc) is 3.16. The third-order valence-electron chi connectivity index (χ3n) is 4.82. The summed E-state index contributed by atoms with van der Waals surface area (Å²) in [5.41, 5.74) is 2.61. The van der Waals surface area contributed by atoms with E-state index < -0.39 is 6.04 Å². The number of amides is 1. The van der Waals surface area contributed by atoms with Crippen molar-refractivity contribution in [2.45, 2.75) is 25.8 Å². The van der Waals surface area contributed by atoms with Crippen LogP contribution in [0.3, 0.4) is 0 Å². The van der Waals surface area contributed by atoms with E-state index in [-0.39, 0.29) is 24.5 Å². The van der Waals surface area contributed by atoms with Crippen LogP contribution in [-0.2, 0) is 11.8 Å². The number of aryl methyl sites for hydroxylation is 2. The second-order valence-electron chi connectivity index (χ2n) is 6.96. The monoisotopic (exact) mass is 391 g/mol. The number of carbonyl (C=O) groups is 2. The molecule has 1 unspecified atom stereocenters. The third kappa shape index (κ3) is 5.10. The lowest BCUT2D eigenvalue weighted by Crippen LogP contribution is -2.31. The van der Waals surface area contributed by atoms with E-state index in [9.17, 15) is 9.59 Å². The molecule has 0 fully saturated rings. The molecule has 0 bridgehead atoms. The molecule has 0 aliphatic heterocycles. The van der Waals surface area contributed by atoms with Crippen LogP contribution >= 0.6 is 0 Å². The maximum absolute atomic E-state index is 12.6. The van der Waals surface area contributed by atoms with E-state index in [1.54, 1.807) is 25.4 Å². The largest absolute Gasteiger partial charge is 0.497 e. The Kier molecular flexibility index (Phi) is 6.44. The minimum Gasteiger partial charge on any atom is -0.497 e. The standard InChI is InChI=1S/C23H25N3O3/c1-16-4-6-17(7-5-16)20(27)12-13-21(28)25-22(23-24-14-15-26(23)2)18-8-10-19(29-3)11-9-18/h4-11,14-15,22H,12-13H2,1-3H3,(H,25,28). The first-order chi connectivity index (χ1) is 14.0. The lowest BCUT2D eigenvalue weighted by Gasteiger charge is -2.19. The van der Waals surface area contributed by atoms with Crippen LogP contribution in [0.2, 0.25) is 0 Å². The van der Waals surface area contributed by atoms with Gasteiger partial charge in [0, 0.05) is 37.8 Å². The molecule has 0 spiro atoms. The Morgan fingerprint density at radius 3 is 2.34 bits per heavy atom. The lowest BCUT2D eigenvalue weighted by molar-refractivity contribution is -0.121. The number of ether oxygens (including phenoxy) is 1. The van der Waals surface area contributed by atoms with Gasteiger partial charge in [-0.2, -0.15) is 0 Å². The predicted octanol–water partition coefficient (Wildman–Crippen LogP) is 3.61. The molecule has 29 heavy (non-hydrogen) atoms. The summed E-state index contributed by atoms with van der Waals surface area (Å²) in [6.45, 7) is 1.97. The minimum atomic E-state index is -0.414. The minimum absolute atomic E-state index is 0.0434. The van der Waals surface area contributed by atoms with Gasteiger partial charge in [0.1, 0.15) is 17.6 Å². The Labute approximate surface area is 170 Å². The molecule has 0 saturated carbocycles. The molecule has 0 aliphatic rings. The van der Waals surface area contributed by atoms with E-state index in [1.165, 1.54) is 0 Å². The summed E-state index contributed by atoms with van der Waals surface area (Å²) in [4.78, 5) is 29.4. The number of benzene rings is 2. The third-order valence-corrected chi connectivity index (χ3v) is 4.82. The quantitative estimate of drug-likeness (QED) is 0.596. The van der Waals surface area contributed by atoms with E-state index >= 15 is 0 Å². The average molecular weight is 391 g/mol. The number of hydrogen-bond acceptors (Lipinski definition) is 4.